The molecule has 1 aromatic heterocycles. The molecule has 1 aliphatic carbocycles. The molecule has 1 atom stereocenters. The van der Waals surface area contributed by atoms with Gasteiger partial charge in [-0.05, 0) is 36.1 Å². The van der Waals surface area contributed by atoms with Crippen molar-refractivity contribution in [3.05, 3.63) is 79.5 Å². The number of nitro groups is 1. The number of carbonyl (C=O) groups excluding carboxylic acids is 1. The molecular weight excluding hydrogens is 465 g/mol. The molecule has 0 spiro atoms. The van der Waals surface area contributed by atoms with Gasteiger partial charge in [0.1, 0.15) is 6.04 Å². The Balaban J connectivity index is 1.66. The van der Waals surface area contributed by atoms with Crippen molar-refractivity contribution < 1.29 is 9.72 Å². The van der Waals surface area contributed by atoms with Crippen molar-refractivity contribution >= 4 is 40.6 Å². The number of nitro benzene ring substituents is 1. The first-order valence-electron chi connectivity index (χ1n) is 10.3. The van der Waals surface area contributed by atoms with Gasteiger partial charge >= 0.3 is 0 Å². The van der Waals surface area contributed by atoms with Crippen LogP contribution < -0.4 is 5.32 Å². The molecule has 0 amide bonds. The van der Waals surface area contributed by atoms with Crippen molar-refractivity contribution in [3.8, 4) is 11.4 Å². The van der Waals surface area contributed by atoms with E-state index in [0.717, 1.165) is 5.70 Å². The van der Waals surface area contributed by atoms with Gasteiger partial charge in [-0.2, -0.15) is 4.98 Å². The first kappa shape index (κ1) is 21.6. The minimum Gasteiger partial charge on any atom is -0.328 e. The van der Waals surface area contributed by atoms with Gasteiger partial charge in [0.05, 0.1) is 4.92 Å². The molecule has 1 aliphatic heterocycles. The summed E-state index contributed by atoms with van der Waals surface area (Å²) in [5.74, 6) is 0.889. The third-order valence-electron chi connectivity index (χ3n) is 5.93. The van der Waals surface area contributed by atoms with E-state index in [1.807, 2.05) is 0 Å². The maximum atomic E-state index is 13.3. The highest BCUT2D eigenvalue weighted by Crippen LogP contribution is 2.47. The number of carbonyl (C=O) groups is 1. The Bertz CT molecular complexity index is 1340. The van der Waals surface area contributed by atoms with Crippen molar-refractivity contribution in [2.45, 2.75) is 32.7 Å². The predicted octanol–water partition coefficient (Wildman–Crippen LogP) is 5.82. The van der Waals surface area contributed by atoms with E-state index in [2.05, 4.69) is 29.2 Å². The first-order valence-corrected chi connectivity index (χ1v) is 11.1. The van der Waals surface area contributed by atoms with Crippen LogP contribution in [0.25, 0.3) is 11.4 Å². The number of ketones is 1. The Kier molecular flexibility index (Phi) is 5.02. The van der Waals surface area contributed by atoms with Gasteiger partial charge in [0, 0.05) is 51.0 Å². The van der Waals surface area contributed by atoms with Crippen LogP contribution in [0.5, 0.6) is 0 Å². The summed E-state index contributed by atoms with van der Waals surface area (Å²) in [5, 5.41) is 19.9. The lowest BCUT2D eigenvalue weighted by molar-refractivity contribution is -0.384. The number of fused-ring (bicyclic) bond motifs is 1. The van der Waals surface area contributed by atoms with Crippen LogP contribution in [0, 0.1) is 15.5 Å². The van der Waals surface area contributed by atoms with Crippen LogP contribution in [-0.4, -0.2) is 25.5 Å². The summed E-state index contributed by atoms with van der Waals surface area (Å²) in [6.45, 7) is 4.12. The smallest absolute Gasteiger partial charge is 0.269 e. The number of nitrogens with zero attached hydrogens (tertiary/aromatic N) is 4. The standard InChI is InChI=1S/C23H19Cl2N5O3/c1-23(2)10-17-19(18(31)11-23)20(15-8-5-13(24)9-16(15)25)29-22(26-17)27-21(28-29)12-3-6-14(7-4-12)30(32)33/h3-9,20H,10-11H2,1-2H3,(H,26,27,28). The Morgan fingerprint density at radius 2 is 1.88 bits per heavy atom. The second-order valence-corrected chi connectivity index (χ2v) is 9.88. The van der Waals surface area contributed by atoms with E-state index in [0.29, 0.717) is 51.4 Å². The molecule has 0 radical (unpaired) electrons. The Morgan fingerprint density at radius 3 is 2.55 bits per heavy atom. The van der Waals surface area contributed by atoms with Gasteiger partial charge in [0.25, 0.3) is 5.69 Å². The van der Waals surface area contributed by atoms with Crippen molar-refractivity contribution in [1.82, 2.24) is 14.8 Å². The fraction of sp³-hybridized carbons (Fsp3) is 0.261. The summed E-state index contributed by atoms with van der Waals surface area (Å²) in [7, 11) is 0. The molecule has 0 saturated carbocycles. The molecule has 1 unspecified atom stereocenters. The third-order valence-corrected chi connectivity index (χ3v) is 6.49. The molecule has 8 nitrogen and oxygen atoms in total. The summed E-state index contributed by atoms with van der Waals surface area (Å²) < 4.78 is 1.65. The van der Waals surface area contributed by atoms with Gasteiger partial charge in [-0.15, -0.1) is 5.10 Å². The Hall–Kier alpha value is -3.23. The van der Waals surface area contributed by atoms with Gasteiger partial charge in [0.2, 0.25) is 5.95 Å². The largest absolute Gasteiger partial charge is 0.328 e. The number of anilines is 1. The van der Waals surface area contributed by atoms with Crippen LogP contribution in [0.1, 0.15) is 38.3 Å². The molecule has 10 heteroatoms. The maximum Gasteiger partial charge on any atom is 0.269 e. The van der Waals surface area contributed by atoms with Crippen molar-refractivity contribution in [3.63, 3.8) is 0 Å². The molecule has 2 heterocycles. The molecule has 0 bridgehead atoms. The molecule has 1 N–H and O–H groups in total. The molecule has 2 aromatic carbocycles. The number of Topliss-reactive ketones (excluding diaryl/α,β-unsaturated/α-hetero) is 1. The van der Waals surface area contributed by atoms with Crippen LogP contribution in [0.15, 0.2) is 53.7 Å². The van der Waals surface area contributed by atoms with Crippen LogP contribution in [-0.2, 0) is 4.79 Å². The fourth-order valence-electron chi connectivity index (χ4n) is 4.47. The maximum absolute atomic E-state index is 13.3. The zero-order valence-electron chi connectivity index (χ0n) is 17.8. The minimum absolute atomic E-state index is 0.0170. The third kappa shape index (κ3) is 3.79. The molecule has 0 saturated heterocycles. The monoisotopic (exact) mass is 483 g/mol. The van der Waals surface area contributed by atoms with Crippen molar-refractivity contribution in [2.24, 2.45) is 5.41 Å². The molecule has 168 valence electrons. The zero-order valence-corrected chi connectivity index (χ0v) is 19.3. The Morgan fingerprint density at radius 1 is 1.15 bits per heavy atom. The van der Waals surface area contributed by atoms with E-state index in [-0.39, 0.29) is 16.9 Å². The lowest BCUT2D eigenvalue weighted by atomic mass is 9.73. The molecule has 33 heavy (non-hydrogen) atoms. The summed E-state index contributed by atoms with van der Waals surface area (Å²) in [5.41, 5.74) is 2.53. The lowest BCUT2D eigenvalue weighted by Gasteiger charge is -2.38. The number of rotatable bonds is 3. The second-order valence-electron chi connectivity index (χ2n) is 9.03. The highest BCUT2D eigenvalue weighted by Gasteiger charge is 2.42. The molecule has 5 rings (SSSR count). The number of hydrogen-bond acceptors (Lipinski definition) is 6. The molecule has 3 aromatic rings. The quantitative estimate of drug-likeness (QED) is 0.371. The van der Waals surface area contributed by atoms with E-state index >= 15 is 0 Å². The van der Waals surface area contributed by atoms with E-state index < -0.39 is 11.0 Å². The zero-order chi connectivity index (χ0) is 23.5. The van der Waals surface area contributed by atoms with Crippen LogP contribution in [0.3, 0.4) is 0 Å². The van der Waals surface area contributed by atoms with Crippen molar-refractivity contribution in [2.75, 3.05) is 5.32 Å². The fourth-order valence-corrected chi connectivity index (χ4v) is 4.99. The minimum atomic E-state index is -0.566. The average Bonchev–Trinajstić information content (AvgIpc) is 3.15. The van der Waals surface area contributed by atoms with Crippen LogP contribution >= 0.6 is 23.2 Å². The summed E-state index contributed by atoms with van der Waals surface area (Å²) in [4.78, 5) is 28.5. The number of halogens is 2. The normalized spacial score (nSPS) is 19.0. The van der Waals surface area contributed by atoms with Gasteiger partial charge in [0.15, 0.2) is 11.6 Å². The second kappa shape index (κ2) is 7.67. The van der Waals surface area contributed by atoms with Crippen LogP contribution in [0.4, 0.5) is 11.6 Å². The van der Waals surface area contributed by atoms with Crippen molar-refractivity contribution in [1.29, 1.82) is 0 Å². The lowest BCUT2D eigenvalue weighted by Crippen LogP contribution is -2.36. The SMILES string of the molecule is CC1(C)CC(=O)C2=C(C1)Nc1nc(-c3ccc([N+](=O)[O-])cc3)nn1C2c1ccc(Cl)cc1Cl. The molecule has 2 aliphatic rings. The highest BCUT2D eigenvalue weighted by atomic mass is 35.5. The Labute approximate surface area is 199 Å². The van der Waals surface area contributed by atoms with E-state index in [1.165, 1.54) is 12.1 Å². The number of allylic oxidation sites excluding steroid dienone is 2. The summed E-state index contributed by atoms with van der Waals surface area (Å²) in [6, 6.07) is 10.6. The summed E-state index contributed by atoms with van der Waals surface area (Å²) in [6.07, 6.45) is 1.09. The van der Waals surface area contributed by atoms with E-state index in [4.69, 9.17) is 23.2 Å². The average molecular weight is 484 g/mol. The molecular formula is C23H19Cl2N5O3. The number of benzene rings is 2. The van der Waals surface area contributed by atoms with Gasteiger partial charge in [-0.25, -0.2) is 4.68 Å². The number of aromatic nitrogens is 3. The summed E-state index contributed by atoms with van der Waals surface area (Å²) >= 11 is 12.7. The van der Waals surface area contributed by atoms with Gasteiger partial charge in [-0.1, -0.05) is 43.1 Å². The van der Waals surface area contributed by atoms with Gasteiger partial charge < -0.3 is 5.32 Å². The highest BCUT2D eigenvalue weighted by molar-refractivity contribution is 6.35. The van der Waals surface area contributed by atoms with E-state index in [1.54, 1.807) is 35.0 Å². The van der Waals surface area contributed by atoms with Crippen LogP contribution in [0.2, 0.25) is 10.0 Å². The number of nitrogens with one attached hydrogen (secondary N) is 1. The van der Waals surface area contributed by atoms with Gasteiger partial charge in [-0.3, -0.25) is 14.9 Å². The number of hydrogen-bond donors (Lipinski definition) is 1. The molecule has 0 fully saturated rings. The van der Waals surface area contributed by atoms with E-state index in [9.17, 15) is 14.9 Å². The topological polar surface area (TPSA) is 103 Å². The predicted molar refractivity (Wildman–Crippen MR) is 125 cm³/mol. The first-order chi connectivity index (χ1) is 15.6. The number of non-ortho nitro benzene ring substituents is 1.